The van der Waals surface area contributed by atoms with Crippen LogP contribution in [0.1, 0.15) is 24.0 Å². The molecule has 0 saturated carbocycles. The lowest BCUT2D eigenvalue weighted by molar-refractivity contribution is -0.136. The number of carbonyl (C=O) groups is 2. The topological polar surface area (TPSA) is 52.7 Å². The van der Waals surface area contributed by atoms with E-state index in [1.807, 2.05) is 23.1 Å². The van der Waals surface area contributed by atoms with Gasteiger partial charge in [0.1, 0.15) is 12.2 Å². The molecule has 1 aromatic carbocycles. The van der Waals surface area contributed by atoms with Crippen LogP contribution in [0.4, 0.5) is 4.79 Å². The van der Waals surface area contributed by atoms with E-state index in [4.69, 9.17) is 0 Å². The predicted octanol–water partition coefficient (Wildman–Crippen LogP) is 1.08. The smallest absolute Gasteiger partial charge is 0.320 e. The molecule has 20 heavy (non-hydrogen) atoms. The molecule has 5 nitrogen and oxygen atoms in total. The first-order valence-corrected chi connectivity index (χ1v) is 7.18. The third-order valence-corrected chi connectivity index (χ3v) is 4.62. The van der Waals surface area contributed by atoms with E-state index in [-0.39, 0.29) is 24.1 Å². The highest BCUT2D eigenvalue weighted by molar-refractivity contribution is 5.90. The highest BCUT2D eigenvalue weighted by atomic mass is 16.2. The molecule has 2 fully saturated rings. The van der Waals surface area contributed by atoms with Gasteiger partial charge in [-0.15, -0.1) is 0 Å². The van der Waals surface area contributed by atoms with Gasteiger partial charge in [-0.3, -0.25) is 4.79 Å². The molecule has 104 valence electrons. The van der Waals surface area contributed by atoms with Crippen LogP contribution in [0, 0.1) is 0 Å². The maximum Gasteiger partial charge on any atom is 0.320 e. The summed E-state index contributed by atoms with van der Waals surface area (Å²) in [5, 5.41) is 2.99. The van der Waals surface area contributed by atoms with Crippen molar-refractivity contribution in [3.8, 4) is 0 Å². The Morgan fingerprint density at radius 1 is 1.10 bits per heavy atom. The molecular formula is C15H17N3O2. The van der Waals surface area contributed by atoms with E-state index in [0.717, 1.165) is 24.9 Å². The minimum absolute atomic E-state index is 0.0975. The van der Waals surface area contributed by atoms with Crippen molar-refractivity contribution in [2.24, 2.45) is 0 Å². The van der Waals surface area contributed by atoms with Crippen LogP contribution < -0.4 is 5.32 Å². The zero-order valence-corrected chi connectivity index (χ0v) is 11.2. The summed E-state index contributed by atoms with van der Waals surface area (Å²) in [5.41, 5.74) is 2.33. The number of hydrogen-bond acceptors (Lipinski definition) is 2. The molecule has 3 aliphatic rings. The number of benzene rings is 1. The molecule has 3 amide bonds. The van der Waals surface area contributed by atoms with E-state index in [1.54, 1.807) is 4.90 Å². The van der Waals surface area contributed by atoms with Crippen molar-refractivity contribution < 1.29 is 9.59 Å². The van der Waals surface area contributed by atoms with Gasteiger partial charge in [0.25, 0.3) is 0 Å². The summed E-state index contributed by atoms with van der Waals surface area (Å²) in [5.74, 6) is 0.0975. The van der Waals surface area contributed by atoms with Gasteiger partial charge in [-0.25, -0.2) is 4.79 Å². The number of rotatable bonds is 0. The first-order chi connectivity index (χ1) is 9.74. The standard InChI is InChI=1S/C15H17N3O2/c19-14-12-8-10-4-1-2-5-11(10)9-18(12)15(20)16-13-6-3-7-17(13)14/h1-2,4-5,12-13H,3,6-9H2,(H,16,20)/t12-,13-/m0/s1. The molecule has 0 aromatic heterocycles. The number of amides is 3. The van der Waals surface area contributed by atoms with Gasteiger partial charge in [0.2, 0.25) is 5.91 Å². The van der Waals surface area contributed by atoms with Crippen LogP contribution >= 0.6 is 0 Å². The monoisotopic (exact) mass is 271 g/mol. The first-order valence-electron chi connectivity index (χ1n) is 7.18. The SMILES string of the molecule is O=C1[C@@H]2Cc3ccccc3CN2C(=O)N[C@@H]2CCCN12. The lowest BCUT2D eigenvalue weighted by atomic mass is 9.93. The highest BCUT2D eigenvalue weighted by Gasteiger charge is 2.44. The van der Waals surface area contributed by atoms with E-state index in [1.165, 1.54) is 5.56 Å². The average Bonchev–Trinajstić information content (AvgIpc) is 2.89. The summed E-state index contributed by atoms with van der Waals surface area (Å²) in [6.45, 7) is 1.29. The van der Waals surface area contributed by atoms with Gasteiger partial charge in [0.15, 0.2) is 0 Å². The summed E-state index contributed by atoms with van der Waals surface area (Å²) in [4.78, 5) is 28.6. The fraction of sp³-hybridized carbons (Fsp3) is 0.467. The van der Waals surface area contributed by atoms with Crippen molar-refractivity contribution >= 4 is 11.9 Å². The Hall–Kier alpha value is -2.04. The van der Waals surface area contributed by atoms with Gasteiger partial charge in [-0.2, -0.15) is 0 Å². The molecule has 4 rings (SSSR count). The van der Waals surface area contributed by atoms with Crippen molar-refractivity contribution in [2.75, 3.05) is 6.54 Å². The molecule has 0 bridgehead atoms. The van der Waals surface area contributed by atoms with Crippen LogP contribution in [0.25, 0.3) is 0 Å². The average molecular weight is 271 g/mol. The van der Waals surface area contributed by atoms with Crippen LogP contribution in [0.3, 0.4) is 0 Å². The zero-order valence-electron chi connectivity index (χ0n) is 11.2. The molecule has 3 heterocycles. The van der Waals surface area contributed by atoms with Crippen LogP contribution in [0.5, 0.6) is 0 Å². The second-order valence-electron chi connectivity index (χ2n) is 5.76. The Balaban J connectivity index is 1.73. The van der Waals surface area contributed by atoms with Crippen LogP contribution in [-0.4, -0.2) is 40.5 Å². The molecule has 2 saturated heterocycles. The summed E-state index contributed by atoms with van der Waals surface area (Å²) in [7, 11) is 0. The maximum atomic E-state index is 12.7. The third-order valence-electron chi connectivity index (χ3n) is 4.62. The van der Waals surface area contributed by atoms with E-state index in [2.05, 4.69) is 11.4 Å². The largest absolute Gasteiger partial charge is 0.320 e. The molecule has 0 spiro atoms. The summed E-state index contributed by atoms with van der Waals surface area (Å²) < 4.78 is 0. The summed E-state index contributed by atoms with van der Waals surface area (Å²) >= 11 is 0. The normalized spacial score (nSPS) is 28.4. The van der Waals surface area contributed by atoms with Crippen molar-refractivity contribution in [2.45, 2.75) is 38.0 Å². The number of hydrogen-bond donors (Lipinski definition) is 1. The number of nitrogens with one attached hydrogen (secondary N) is 1. The lowest BCUT2D eigenvalue weighted by Gasteiger charge is -2.34. The maximum absolute atomic E-state index is 12.7. The predicted molar refractivity (Wildman–Crippen MR) is 72.7 cm³/mol. The molecule has 1 N–H and O–H groups in total. The van der Waals surface area contributed by atoms with Crippen molar-refractivity contribution in [3.05, 3.63) is 35.4 Å². The Kier molecular flexibility index (Phi) is 2.49. The van der Waals surface area contributed by atoms with Crippen LogP contribution in [-0.2, 0) is 17.8 Å². The van der Waals surface area contributed by atoms with E-state index in [9.17, 15) is 9.59 Å². The molecule has 0 radical (unpaired) electrons. The lowest BCUT2D eigenvalue weighted by Crippen LogP contribution is -2.50. The molecule has 0 unspecified atom stereocenters. The van der Waals surface area contributed by atoms with E-state index in [0.29, 0.717) is 13.0 Å². The van der Waals surface area contributed by atoms with Crippen molar-refractivity contribution in [1.82, 2.24) is 15.1 Å². The molecule has 2 atom stereocenters. The Bertz CT molecular complexity index is 586. The van der Waals surface area contributed by atoms with E-state index >= 15 is 0 Å². The van der Waals surface area contributed by atoms with Crippen LogP contribution in [0.15, 0.2) is 24.3 Å². The highest BCUT2D eigenvalue weighted by Crippen LogP contribution is 2.29. The first kappa shape index (κ1) is 11.8. The third kappa shape index (κ3) is 1.62. The van der Waals surface area contributed by atoms with Gasteiger partial charge in [0, 0.05) is 19.5 Å². The summed E-state index contributed by atoms with van der Waals surface area (Å²) in [6.07, 6.45) is 2.36. The Labute approximate surface area is 117 Å². The van der Waals surface area contributed by atoms with Gasteiger partial charge >= 0.3 is 6.03 Å². The second kappa shape index (κ2) is 4.23. The molecule has 3 aliphatic heterocycles. The number of urea groups is 1. The molecular weight excluding hydrogens is 254 g/mol. The fourth-order valence-corrected chi connectivity index (χ4v) is 3.55. The molecule has 1 aromatic rings. The summed E-state index contributed by atoms with van der Waals surface area (Å²) in [6, 6.07) is 7.63. The number of nitrogens with zero attached hydrogens (tertiary/aromatic N) is 2. The van der Waals surface area contributed by atoms with Gasteiger partial charge in [-0.05, 0) is 24.0 Å². The zero-order chi connectivity index (χ0) is 13.7. The van der Waals surface area contributed by atoms with Gasteiger partial charge in [-0.1, -0.05) is 24.3 Å². The van der Waals surface area contributed by atoms with Gasteiger partial charge < -0.3 is 15.1 Å². The van der Waals surface area contributed by atoms with Crippen molar-refractivity contribution in [3.63, 3.8) is 0 Å². The van der Waals surface area contributed by atoms with Crippen molar-refractivity contribution in [1.29, 1.82) is 0 Å². The number of carbonyl (C=O) groups excluding carboxylic acids is 2. The minimum Gasteiger partial charge on any atom is -0.320 e. The Morgan fingerprint density at radius 3 is 2.75 bits per heavy atom. The minimum atomic E-state index is -0.340. The quantitative estimate of drug-likeness (QED) is 0.768. The van der Waals surface area contributed by atoms with Crippen LogP contribution in [0.2, 0.25) is 0 Å². The van der Waals surface area contributed by atoms with Gasteiger partial charge in [0.05, 0.1) is 0 Å². The Morgan fingerprint density at radius 2 is 1.90 bits per heavy atom. The second-order valence-corrected chi connectivity index (χ2v) is 5.76. The van der Waals surface area contributed by atoms with E-state index < -0.39 is 0 Å². The number of fused-ring (bicyclic) bond motifs is 3. The molecule has 0 aliphatic carbocycles. The fourth-order valence-electron chi connectivity index (χ4n) is 3.55. The molecule has 5 heteroatoms.